The van der Waals surface area contributed by atoms with Crippen molar-refractivity contribution in [3.63, 3.8) is 0 Å². The first kappa shape index (κ1) is 19.7. The average Bonchev–Trinajstić information content (AvgIpc) is 2.53. The second-order valence-electron chi connectivity index (χ2n) is 6.58. The standard InChI is InChI=1S/C17H20O9/c1-16(24)8-17(25,15(22)23)7-12(14(16)21)26-13(20)5-3-9-2-4-10(18)11(19)6-9/h2-6,12,14,18-19,21,24-25H,7-8H2,1H3,(H,22,23)/b5-3+/t12-,14-,16+,17+/m1/s1. The van der Waals surface area contributed by atoms with Crippen molar-refractivity contribution in [2.45, 2.75) is 43.2 Å². The highest BCUT2D eigenvalue weighted by Gasteiger charge is 2.55. The fourth-order valence-corrected chi connectivity index (χ4v) is 2.88. The Bertz CT molecular complexity index is 740. The maximum absolute atomic E-state index is 11.9. The molecule has 4 atom stereocenters. The van der Waals surface area contributed by atoms with Gasteiger partial charge in [-0.3, -0.25) is 0 Å². The molecule has 142 valence electrons. The van der Waals surface area contributed by atoms with Gasteiger partial charge in [0, 0.05) is 18.9 Å². The Balaban J connectivity index is 2.12. The predicted octanol–water partition coefficient (Wildman–Crippen LogP) is -0.256. The van der Waals surface area contributed by atoms with Crippen LogP contribution < -0.4 is 0 Å². The third-order valence-corrected chi connectivity index (χ3v) is 4.26. The van der Waals surface area contributed by atoms with Crippen LogP contribution in [0, 0.1) is 0 Å². The molecule has 2 rings (SSSR count). The van der Waals surface area contributed by atoms with Gasteiger partial charge in [0.05, 0.1) is 5.60 Å². The molecule has 0 aromatic heterocycles. The van der Waals surface area contributed by atoms with Gasteiger partial charge in [0.2, 0.25) is 0 Å². The van der Waals surface area contributed by atoms with E-state index in [1.54, 1.807) is 0 Å². The molecular formula is C17H20O9. The highest BCUT2D eigenvalue weighted by molar-refractivity contribution is 5.87. The van der Waals surface area contributed by atoms with Crippen molar-refractivity contribution < 1.29 is 45.0 Å². The highest BCUT2D eigenvalue weighted by atomic mass is 16.6. The van der Waals surface area contributed by atoms with Crippen LogP contribution in [-0.2, 0) is 14.3 Å². The summed E-state index contributed by atoms with van der Waals surface area (Å²) in [6.45, 7) is 1.14. The van der Waals surface area contributed by atoms with Gasteiger partial charge in [0.1, 0.15) is 12.2 Å². The summed E-state index contributed by atoms with van der Waals surface area (Å²) in [5.74, 6) is -3.26. The third kappa shape index (κ3) is 4.13. The first-order valence-corrected chi connectivity index (χ1v) is 7.71. The van der Waals surface area contributed by atoms with Gasteiger partial charge >= 0.3 is 11.9 Å². The molecule has 0 unspecified atom stereocenters. The summed E-state index contributed by atoms with van der Waals surface area (Å²) in [6.07, 6.45) is -2.01. The van der Waals surface area contributed by atoms with Gasteiger partial charge in [-0.15, -0.1) is 0 Å². The molecule has 0 saturated heterocycles. The lowest BCUT2D eigenvalue weighted by Gasteiger charge is -2.44. The van der Waals surface area contributed by atoms with Crippen LogP contribution in [0.2, 0.25) is 0 Å². The number of aliphatic hydroxyl groups is 3. The van der Waals surface area contributed by atoms with Crippen molar-refractivity contribution in [3.8, 4) is 11.5 Å². The van der Waals surface area contributed by atoms with E-state index in [-0.39, 0.29) is 11.5 Å². The summed E-state index contributed by atoms with van der Waals surface area (Å²) >= 11 is 0. The van der Waals surface area contributed by atoms with Crippen LogP contribution in [0.15, 0.2) is 24.3 Å². The van der Waals surface area contributed by atoms with Crippen molar-refractivity contribution >= 4 is 18.0 Å². The topological polar surface area (TPSA) is 165 Å². The lowest BCUT2D eigenvalue weighted by molar-refractivity contribution is -0.217. The number of aliphatic hydroxyl groups excluding tert-OH is 1. The first-order chi connectivity index (χ1) is 11.9. The highest BCUT2D eigenvalue weighted by Crippen LogP contribution is 2.37. The molecule has 0 heterocycles. The van der Waals surface area contributed by atoms with E-state index in [2.05, 4.69) is 0 Å². The number of carbonyl (C=O) groups is 2. The minimum absolute atomic E-state index is 0.328. The van der Waals surface area contributed by atoms with Crippen LogP contribution in [0.25, 0.3) is 6.08 Å². The predicted molar refractivity (Wildman–Crippen MR) is 87.1 cm³/mol. The van der Waals surface area contributed by atoms with E-state index < -0.39 is 48.2 Å². The summed E-state index contributed by atoms with van der Waals surface area (Å²) in [5.41, 5.74) is -3.95. The van der Waals surface area contributed by atoms with Crippen LogP contribution in [0.1, 0.15) is 25.3 Å². The van der Waals surface area contributed by atoms with E-state index in [4.69, 9.17) is 9.84 Å². The normalized spacial score (nSPS) is 31.7. The third-order valence-electron chi connectivity index (χ3n) is 4.26. The molecule has 1 aromatic carbocycles. The second kappa shape index (κ2) is 6.94. The van der Waals surface area contributed by atoms with Crippen molar-refractivity contribution in [3.05, 3.63) is 29.8 Å². The first-order valence-electron chi connectivity index (χ1n) is 7.71. The van der Waals surface area contributed by atoms with Crippen molar-refractivity contribution in [1.29, 1.82) is 0 Å². The molecule has 9 nitrogen and oxygen atoms in total. The zero-order chi connectivity index (χ0) is 19.7. The molecule has 1 saturated carbocycles. The minimum atomic E-state index is -2.35. The van der Waals surface area contributed by atoms with E-state index in [1.807, 2.05) is 0 Å². The zero-order valence-electron chi connectivity index (χ0n) is 13.9. The van der Waals surface area contributed by atoms with Crippen LogP contribution in [0.3, 0.4) is 0 Å². The smallest absolute Gasteiger partial charge is 0.335 e. The van der Waals surface area contributed by atoms with Crippen LogP contribution in [0.4, 0.5) is 0 Å². The molecule has 0 aliphatic heterocycles. The van der Waals surface area contributed by atoms with Crippen LogP contribution in [-0.4, -0.2) is 66.0 Å². The number of aromatic hydroxyl groups is 2. The number of hydrogen-bond acceptors (Lipinski definition) is 8. The number of rotatable bonds is 4. The summed E-state index contributed by atoms with van der Waals surface area (Å²) in [5, 5.41) is 58.1. The van der Waals surface area contributed by atoms with E-state index in [1.165, 1.54) is 24.3 Å². The number of phenols is 2. The van der Waals surface area contributed by atoms with Gasteiger partial charge in [-0.05, 0) is 30.7 Å². The molecule has 1 aliphatic rings. The Hall–Kier alpha value is -2.62. The number of ether oxygens (including phenoxy) is 1. The number of aliphatic carboxylic acids is 1. The second-order valence-corrected chi connectivity index (χ2v) is 6.58. The molecule has 1 aromatic rings. The number of carboxylic acid groups (broad SMARTS) is 1. The van der Waals surface area contributed by atoms with Gasteiger partial charge in [-0.25, -0.2) is 9.59 Å². The maximum Gasteiger partial charge on any atom is 0.335 e. The average molecular weight is 368 g/mol. The van der Waals surface area contributed by atoms with E-state index in [0.717, 1.165) is 13.0 Å². The number of hydrogen-bond donors (Lipinski definition) is 6. The maximum atomic E-state index is 11.9. The molecule has 0 radical (unpaired) electrons. The summed E-state index contributed by atoms with van der Waals surface area (Å²) in [6, 6.07) is 3.83. The lowest BCUT2D eigenvalue weighted by Crippen LogP contribution is -2.62. The molecule has 0 spiro atoms. The fraction of sp³-hybridized carbons (Fsp3) is 0.412. The molecule has 0 bridgehead atoms. The number of carboxylic acids is 1. The van der Waals surface area contributed by atoms with Crippen LogP contribution in [0.5, 0.6) is 11.5 Å². The molecular weight excluding hydrogens is 348 g/mol. The van der Waals surface area contributed by atoms with E-state index in [9.17, 15) is 35.1 Å². The van der Waals surface area contributed by atoms with Gasteiger partial charge in [-0.2, -0.15) is 0 Å². The van der Waals surface area contributed by atoms with Crippen molar-refractivity contribution in [2.75, 3.05) is 0 Å². The number of carbonyl (C=O) groups excluding carboxylic acids is 1. The Morgan fingerprint density at radius 3 is 2.46 bits per heavy atom. The molecule has 1 fully saturated rings. The molecule has 6 N–H and O–H groups in total. The van der Waals surface area contributed by atoms with E-state index >= 15 is 0 Å². The van der Waals surface area contributed by atoms with Crippen LogP contribution >= 0.6 is 0 Å². The van der Waals surface area contributed by atoms with E-state index in [0.29, 0.717) is 5.56 Å². The summed E-state index contributed by atoms with van der Waals surface area (Å²) < 4.78 is 4.99. The number of benzene rings is 1. The number of phenolic OH excluding ortho intramolecular Hbond substituents is 2. The Morgan fingerprint density at radius 1 is 1.23 bits per heavy atom. The SMILES string of the molecule is C[C@]1(O)C[C@](O)(C(=O)O)C[C@@H](OC(=O)/C=C/c2ccc(O)c(O)c2)[C@H]1O. The Labute approximate surface area is 148 Å². The fourth-order valence-electron chi connectivity index (χ4n) is 2.88. The van der Waals surface area contributed by atoms with Crippen molar-refractivity contribution in [2.24, 2.45) is 0 Å². The Morgan fingerprint density at radius 2 is 1.88 bits per heavy atom. The lowest BCUT2D eigenvalue weighted by atomic mass is 9.72. The largest absolute Gasteiger partial charge is 0.504 e. The quantitative estimate of drug-likeness (QED) is 0.239. The molecule has 9 heteroatoms. The minimum Gasteiger partial charge on any atom is -0.504 e. The summed E-state index contributed by atoms with van der Waals surface area (Å²) in [4.78, 5) is 23.2. The van der Waals surface area contributed by atoms with Gasteiger partial charge in [-0.1, -0.05) is 6.07 Å². The zero-order valence-corrected chi connectivity index (χ0v) is 13.9. The van der Waals surface area contributed by atoms with Gasteiger partial charge < -0.3 is 35.4 Å². The molecule has 26 heavy (non-hydrogen) atoms. The Kier molecular flexibility index (Phi) is 5.26. The molecule has 1 aliphatic carbocycles. The van der Waals surface area contributed by atoms with Gasteiger partial charge in [0.25, 0.3) is 0 Å². The van der Waals surface area contributed by atoms with Crippen molar-refractivity contribution in [1.82, 2.24) is 0 Å². The number of esters is 1. The van der Waals surface area contributed by atoms with Gasteiger partial charge in [0.15, 0.2) is 17.1 Å². The summed E-state index contributed by atoms with van der Waals surface area (Å²) in [7, 11) is 0. The molecule has 0 amide bonds. The monoisotopic (exact) mass is 368 g/mol.